The molecule has 0 fully saturated rings. The monoisotopic (exact) mass is 246 g/mol. The number of nitrogens with two attached hydrogens (primary N) is 1. The fourth-order valence-corrected chi connectivity index (χ4v) is 1.67. The van der Waals surface area contributed by atoms with Crippen molar-refractivity contribution >= 4 is 17.3 Å². The highest BCUT2D eigenvalue weighted by atomic mass is 19.1. The van der Waals surface area contributed by atoms with Crippen LogP contribution in [-0.2, 0) is 0 Å². The van der Waals surface area contributed by atoms with E-state index in [9.17, 15) is 4.39 Å². The van der Waals surface area contributed by atoms with E-state index in [4.69, 9.17) is 5.73 Å². The second kappa shape index (κ2) is 4.60. The third-order valence-corrected chi connectivity index (χ3v) is 2.74. The summed E-state index contributed by atoms with van der Waals surface area (Å²) < 4.78 is 13.0. The van der Waals surface area contributed by atoms with E-state index in [1.807, 2.05) is 13.8 Å². The summed E-state index contributed by atoms with van der Waals surface area (Å²) in [5.74, 6) is 1.44. The summed E-state index contributed by atoms with van der Waals surface area (Å²) in [5, 5.41) is 3.15. The molecule has 18 heavy (non-hydrogen) atoms. The molecule has 0 saturated carbocycles. The molecule has 2 rings (SSSR count). The van der Waals surface area contributed by atoms with Crippen molar-refractivity contribution < 1.29 is 4.39 Å². The summed E-state index contributed by atoms with van der Waals surface area (Å²) in [7, 11) is 0. The summed E-state index contributed by atoms with van der Waals surface area (Å²) in [4.78, 5) is 8.38. The lowest BCUT2D eigenvalue weighted by atomic mass is 10.2. The van der Waals surface area contributed by atoms with E-state index in [1.165, 1.54) is 12.1 Å². The Labute approximate surface area is 105 Å². The van der Waals surface area contributed by atoms with Crippen LogP contribution in [0, 0.1) is 26.6 Å². The number of hydrogen-bond donors (Lipinski definition) is 2. The van der Waals surface area contributed by atoms with Crippen molar-refractivity contribution in [1.82, 2.24) is 9.97 Å². The fraction of sp³-hybridized carbons (Fsp3) is 0.231. The second-order valence-corrected chi connectivity index (χ2v) is 4.21. The Morgan fingerprint density at radius 2 is 1.89 bits per heavy atom. The zero-order valence-corrected chi connectivity index (χ0v) is 10.6. The van der Waals surface area contributed by atoms with Crippen LogP contribution in [0.4, 0.5) is 21.7 Å². The van der Waals surface area contributed by atoms with Gasteiger partial charge in [0.2, 0.25) is 0 Å². The molecular weight excluding hydrogens is 231 g/mol. The molecule has 94 valence electrons. The molecule has 0 aliphatic rings. The number of aromatic nitrogens is 2. The van der Waals surface area contributed by atoms with Gasteiger partial charge in [-0.1, -0.05) is 0 Å². The van der Waals surface area contributed by atoms with Crippen LogP contribution >= 0.6 is 0 Å². The van der Waals surface area contributed by atoms with Crippen molar-refractivity contribution in [2.24, 2.45) is 0 Å². The van der Waals surface area contributed by atoms with E-state index < -0.39 is 0 Å². The fourth-order valence-electron chi connectivity index (χ4n) is 1.67. The van der Waals surface area contributed by atoms with Crippen molar-refractivity contribution in [3.63, 3.8) is 0 Å². The van der Waals surface area contributed by atoms with Gasteiger partial charge in [-0.3, -0.25) is 0 Å². The summed E-state index contributed by atoms with van der Waals surface area (Å²) in [6, 6.07) is 4.55. The lowest BCUT2D eigenvalue weighted by Crippen LogP contribution is -2.05. The van der Waals surface area contributed by atoms with Gasteiger partial charge in [-0.2, -0.15) is 0 Å². The minimum atomic E-state index is -0.256. The van der Waals surface area contributed by atoms with Crippen LogP contribution in [0.15, 0.2) is 18.2 Å². The van der Waals surface area contributed by atoms with Crippen LogP contribution in [0.2, 0.25) is 0 Å². The zero-order valence-electron chi connectivity index (χ0n) is 10.6. The number of nitrogen functional groups attached to an aromatic ring is 1. The number of hydrogen-bond acceptors (Lipinski definition) is 4. The van der Waals surface area contributed by atoms with Crippen LogP contribution in [0.3, 0.4) is 0 Å². The Kier molecular flexibility index (Phi) is 3.14. The van der Waals surface area contributed by atoms with Crippen molar-refractivity contribution in [3.05, 3.63) is 41.0 Å². The predicted molar refractivity (Wildman–Crippen MR) is 70.3 cm³/mol. The summed E-state index contributed by atoms with van der Waals surface area (Å²) in [5.41, 5.74) is 8.18. The van der Waals surface area contributed by atoms with Crippen LogP contribution in [-0.4, -0.2) is 9.97 Å². The number of aryl methyl sites for hydroxylation is 2. The molecule has 0 unspecified atom stereocenters. The van der Waals surface area contributed by atoms with E-state index in [1.54, 1.807) is 13.0 Å². The smallest absolute Gasteiger partial charge is 0.139 e. The third kappa shape index (κ3) is 2.40. The Balaban J connectivity index is 2.40. The maximum absolute atomic E-state index is 13.0. The van der Waals surface area contributed by atoms with E-state index in [-0.39, 0.29) is 5.82 Å². The van der Waals surface area contributed by atoms with E-state index in [2.05, 4.69) is 15.3 Å². The largest absolute Gasteiger partial charge is 0.383 e. The highest BCUT2D eigenvalue weighted by molar-refractivity contribution is 5.65. The molecular formula is C13H15FN4. The number of rotatable bonds is 2. The Morgan fingerprint density at radius 3 is 2.56 bits per heavy atom. The van der Waals surface area contributed by atoms with Crippen LogP contribution in [0.1, 0.15) is 17.0 Å². The molecule has 1 aromatic heterocycles. The van der Waals surface area contributed by atoms with Gasteiger partial charge in [-0.15, -0.1) is 0 Å². The van der Waals surface area contributed by atoms with Gasteiger partial charge in [0, 0.05) is 11.3 Å². The van der Waals surface area contributed by atoms with Gasteiger partial charge in [0.05, 0.1) is 0 Å². The summed E-state index contributed by atoms with van der Waals surface area (Å²) >= 11 is 0. The summed E-state index contributed by atoms with van der Waals surface area (Å²) in [6.07, 6.45) is 0. The Bertz CT molecular complexity index is 596. The normalized spacial score (nSPS) is 10.4. The molecule has 3 N–H and O–H groups in total. The van der Waals surface area contributed by atoms with Crippen LogP contribution in [0.25, 0.3) is 0 Å². The molecule has 2 aromatic rings. The first-order chi connectivity index (χ1) is 8.47. The molecule has 0 atom stereocenters. The average Bonchev–Trinajstić information content (AvgIpc) is 2.29. The van der Waals surface area contributed by atoms with Crippen molar-refractivity contribution in [1.29, 1.82) is 0 Å². The highest BCUT2D eigenvalue weighted by Crippen LogP contribution is 2.24. The number of nitrogens with one attached hydrogen (secondary N) is 1. The van der Waals surface area contributed by atoms with E-state index >= 15 is 0 Å². The first-order valence-corrected chi connectivity index (χ1v) is 5.61. The zero-order chi connectivity index (χ0) is 13.3. The number of anilines is 3. The summed E-state index contributed by atoms with van der Waals surface area (Å²) in [6.45, 7) is 5.45. The quantitative estimate of drug-likeness (QED) is 0.855. The van der Waals surface area contributed by atoms with Crippen molar-refractivity contribution in [2.75, 3.05) is 11.1 Å². The molecule has 0 spiro atoms. The molecule has 0 aliphatic heterocycles. The maximum Gasteiger partial charge on any atom is 0.139 e. The van der Waals surface area contributed by atoms with Gasteiger partial charge in [0.25, 0.3) is 0 Å². The van der Waals surface area contributed by atoms with Gasteiger partial charge < -0.3 is 11.1 Å². The van der Waals surface area contributed by atoms with Gasteiger partial charge in [-0.25, -0.2) is 14.4 Å². The molecule has 0 saturated heterocycles. The van der Waals surface area contributed by atoms with Gasteiger partial charge in [0.1, 0.15) is 23.3 Å². The molecule has 0 bridgehead atoms. The molecule has 4 nitrogen and oxygen atoms in total. The van der Waals surface area contributed by atoms with E-state index in [0.717, 1.165) is 16.8 Å². The highest BCUT2D eigenvalue weighted by Gasteiger charge is 2.08. The molecule has 0 aliphatic carbocycles. The minimum absolute atomic E-state index is 0.256. The average molecular weight is 246 g/mol. The predicted octanol–water partition coefficient (Wildman–Crippen LogP) is 2.87. The SMILES string of the molecule is Cc1nc(N)c(C)c(Nc2ccc(F)cc2C)n1. The minimum Gasteiger partial charge on any atom is -0.383 e. The van der Waals surface area contributed by atoms with E-state index in [0.29, 0.717) is 17.5 Å². The molecule has 5 heteroatoms. The van der Waals surface area contributed by atoms with Crippen molar-refractivity contribution in [3.8, 4) is 0 Å². The second-order valence-electron chi connectivity index (χ2n) is 4.21. The van der Waals surface area contributed by atoms with Crippen LogP contribution < -0.4 is 11.1 Å². The molecule has 1 aromatic carbocycles. The Morgan fingerprint density at radius 1 is 1.17 bits per heavy atom. The number of nitrogens with zero attached hydrogens (tertiary/aromatic N) is 2. The topological polar surface area (TPSA) is 63.8 Å². The van der Waals surface area contributed by atoms with Gasteiger partial charge in [0.15, 0.2) is 0 Å². The lowest BCUT2D eigenvalue weighted by molar-refractivity contribution is 0.627. The third-order valence-electron chi connectivity index (χ3n) is 2.74. The van der Waals surface area contributed by atoms with Crippen molar-refractivity contribution in [2.45, 2.75) is 20.8 Å². The first kappa shape index (κ1) is 12.3. The lowest BCUT2D eigenvalue weighted by Gasteiger charge is -2.12. The molecule has 1 heterocycles. The molecule has 0 radical (unpaired) electrons. The van der Waals surface area contributed by atoms with Crippen LogP contribution in [0.5, 0.6) is 0 Å². The van der Waals surface area contributed by atoms with Gasteiger partial charge in [-0.05, 0) is 44.5 Å². The molecule has 0 amide bonds. The maximum atomic E-state index is 13.0. The number of halogens is 1. The standard InChI is InChI=1S/C13H15FN4/c1-7-6-10(14)4-5-11(7)18-13-8(2)12(15)16-9(3)17-13/h4-6H,1-3H3,(H3,15,16,17,18). The first-order valence-electron chi connectivity index (χ1n) is 5.61. The van der Waals surface area contributed by atoms with Gasteiger partial charge >= 0.3 is 0 Å². The number of benzene rings is 1. The Hall–Kier alpha value is -2.17.